The molecule has 2 N–H and O–H groups in total. The minimum absolute atomic E-state index is 0.0639. The molecule has 8 heteroatoms. The van der Waals surface area contributed by atoms with Crippen molar-refractivity contribution in [2.45, 2.75) is 19.2 Å². The molecule has 7 nitrogen and oxygen atoms in total. The molecule has 1 heterocycles. The summed E-state index contributed by atoms with van der Waals surface area (Å²) in [6, 6.07) is 14.8. The van der Waals surface area contributed by atoms with E-state index in [9.17, 15) is 9.90 Å². The number of ether oxygens (including phenoxy) is 1. The van der Waals surface area contributed by atoms with Gasteiger partial charge in [-0.3, -0.25) is 4.79 Å². The fourth-order valence-corrected chi connectivity index (χ4v) is 2.72. The zero-order valence-electron chi connectivity index (χ0n) is 14.7. The maximum atomic E-state index is 12.2. The van der Waals surface area contributed by atoms with E-state index in [2.05, 4.69) is 31.3 Å². The van der Waals surface area contributed by atoms with Gasteiger partial charge in [0.15, 0.2) is 0 Å². The third kappa shape index (κ3) is 5.15. The third-order valence-corrected chi connectivity index (χ3v) is 4.50. The number of rotatable bonds is 7. The van der Waals surface area contributed by atoms with Crippen molar-refractivity contribution in [1.29, 1.82) is 0 Å². The number of hydrogen-bond acceptors (Lipinski definition) is 5. The van der Waals surface area contributed by atoms with Crippen LogP contribution in [0, 0.1) is 0 Å². The third-order valence-electron chi connectivity index (χ3n) is 3.97. The number of nitrogens with one attached hydrogen (secondary N) is 1. The zero-order chi connectivity index (χ0) is 19.2. The van der Waals surface area contributed by atoms with Crippen LogP contribution < -0.4 is 10.1 Å². The van der Waals surface area contributed by atoms with Crippen LogP contribution in [-0.2, 0) is 13.1 Å². The SMILES string of the molecule is COc1ccc(C(O)Cn2cnc(C(=O)NCc3ccc(Br)cc3)n2)cc1. The number of carbonyl (C=O) groups excluding carboxylic acids is 1. The molecule has 0 aliphatic rings. The lowest BCUT2D eigenvalue weighted by molar-refractivity contribution is 0.0938. The Morgan fingerprint density at radius 3 is 2.59 bits per heavy atom. The molecule has 1 amide bonds. The number of aliphatic hydroxyl groups excluding tert-OH is 1. The minimum Gasteiger partial charge on any atom is -0.497 e. The van der Waals surface area contributed by atoms with Crippen molar-refractivity contribution < 1.29 is 14.6 Å². The van der Waals surface area contributed by atoms with E-state index in [1.165, 1.54) is 11.0 Å². The molecule has 2 aromatic carbocycles. The summed E-state index contributed by atoms with van der Waals surface area (Å²) in [4.78, 5) is 16.2. The molecule has 0 radical (unpaired) electrons. The van der Waals surface area contributed by atoms with Crippen molar-refractivity contribution >= 4 is 21.8 Å². The van der Waals surface area contributed by atoms with Gasteiger partial charge in [-0.1, -0.05) is 40.2 Å². The number of hydrogen-bond donors (Lipinski definition) is 2. The standard InChI is InChI=1S/C19H19BrN4O3/c1-27-16-8-4-14(5-9-16)17(25)11-24-12-22-18(23-24)19(26)21-10-13-2-6-15(20)7-3-13/h2-9,12,17,25H,10-11H2,1H3,(H,21,26). The molecule has 3 aromatic rings. The quantitative estimate of drug-likeness (QED) is 0.601. The van der Waals surface area contributed by atoms with Gasteiger partial charge in [0, 0.05) is 11.0 Å². The van der Waals surface area contributed by atoms with E-state index < -0.39 is 6.10 Å². The molecule has 1 aromatic heterocycles. The Kier molecular flexibility index (Phi) is 6.20. The van der Waals surface area contributed by atoms with E-state index in [1.807, 2.05) is 24.3 Å². The van der Waals surface area contributed by atoms with E-state index in [0.717, 1.165) is 21.3 Å². The molecule has 0 spiro atoms. The van der Waals surface area contributed by atoms with Gasteiger partial charge in [0.05, 0.1) is 19.8 Å². The first-order valence-corrected chi connectivity index (χ1v) is 9.08. The van der Waals surface area contributed by atoms with Crippen molar-refractivity contribution in [2.24, 2.45) is 0 Å². The molecule has 27 heavy (non-hydrogen) atoms. The summed E-state index contributed by atoms with van der Waals surface area (Å²) in [5.74, 6) is 0.418. The number of benzene rings is 2. The molecule has 0 aliphatic heterocycles. The smallest absolute Gasteiger partial charge is 0.291 e. The lowest BCUT2D eigenvalue weighted by Gasteiger charge is -2.11. The van der Waals surface area contributed by atoms with Gasteiger partial charge in [-0.2, -0.15) is 0 Å². The minimum atomic E-state index is -0.767. The molecule has 0 fully saturated rings. The first kappa shape index (κ1) is 19.1. The van der Waals surface area contributed by atoms with E-state index in [1.54, 1.807) is 31.4 Å². The lowest BCUT2D eigenvalue weighted by Crippen LogP contribution is -2.24. The number of halogens is 1. The van der Waals surface area contributed by atoms with Crippen LogP contribution in [0.1, 0.15) is 27.8 Å². The molecular formula is C19H19BrN4O3. The van der Waals surface area contributed by atoms with E-state index in [0.29, 0.717) is 6.54 Å². The van der Waals surface area contributed by atoms with Gasteiger partial charge in [0.2, 0.25) is 5.82 Å². The van der Waals surface area contributed by atoms with Gasteiger partial charge in [0.25, 0.3) is 5.91 Å². The van der Waals surface area contributed by atoms with Crippen LogP contribution in [0.5, 0.6) is 5.75 Å². The van der Waals surface area contributed by atoms with Gasteiger partial charge < -0.3 is 15.2 Å². The highest BCUT2D eigenvalue weighted by Gasteiger charge is 2.14. The van der Waals surface area contributed by atoms with Crippen molar-refractivity contribution in [1.82, 2.24) is 20.1 Å². The average Bonchev–Trinajstić information content (AvgIpc) is 3.16. The van der Waals surface area contributed by atoms with Gasteiger partial charge in [-0.15, -0.1) is 5.10 Å². The number of aromatic nitrogens is 3. The monoisotopic (exact) mass is 430 g/mol. The maximum absolute atomic E-state index is 12.2. The Hall–Kier alpha value is -2.71. The Morgan fingerprint density at radius 2 is 1.93 bits per heavy atom. The highest BCUT2D eigenvalue weighted by molar-refractivity contribution is 9.10. The molecule has 0 bridgehead atoms. The number of amides is 1. The largest absolute Gasteiger partial charge is 0.497 e. The van der Waals surface area contributed by atoms with Crippen LogP contribution in [0.4, 0.5) is 0 Å². The second-order valence-corrected chi connectivity index (χ2v) is 6.80. The fraction of sp³-hybridized carbons (Fsp3) is 0.211. The maximum Gasteiger partial charge on any atom is 0.291 e. The molecule has 0 saturated heterocycles. The molecular weight excluding hydrogens is 412 g/mol. The van der Waals surface area contributed by atoms with Crippen LogP contribution in [0.15, 0.2) is 59.3 Å². The van der Waals surface area contributed by atoms with Gasteiger partial charge >= 0.3 is 0 Å². The highest BCUT2D eigenvalue weighted by Crippen LogP contribution is 2.18. The van der Waals surface area contributed by atoms with Gasteiger partial charge in [-0.25, -0.2) is 9.67 Å². The average molecular weight is 431 g/mol. The summed E-state index contributed by atoms with van der Waals surface area (Å²) in [6.45, 7) is 0.578. The van der Waals surface area contributed by atoms with Gasteiger partial charge in [0.1, 0.15) is 12.1 Å². The van der Waals surface area contributed by atoms with Crippen LogP contribution in [-0.4, -0.2) is 32.9 Å². The highest BCUT2D eigenvalue weighted by atomic mass is 79.9. The van der Waals surface area contributed by atoms with E-state index >= 15 is 0 Å². The molecule has 0 aliphatic carbocycles. The predicted octanol–water partition coefficient (Wildman–Crippen LogP) is 2.71. The van der Waals surface area contributed by atoms with Crippen LogP contribution in [0.2, 0.25) is 0 Å². The second kappa shape index (κ2) is 8.79. The summed E-state index contributed by atoms with van der Waals surface area (Å²) in [6.07, 6.45) is 0.665. The summed E-state index contributed by atoms with van der Waals surface area (Å²) < 4.78 is 7.53. The topological polar surface area (TPSA) is 89.3 Å². The Morgan fingerprint density at radius 1 is 1.22 bits per heavy atom. The normalized spacial score (nSPS) is 11.8. The summed E-state index contributed by atoms with van der Waals surface area (Å²) in [5.41, 5.74) is 1.70. The number of nitrogens with zero attached hydrogens (tertiary/aromatic N) is 3. The number of methoxy groups -OCH3 is 1. The molecule has 1 unspecified atom stereocenters. The molecule has 0 saturated carbocycles. The first-order chi connectivity index (χ1) is 13.0. The molecule has 3 rings (SSSR count). The predicted molar refractivity (Wildman–Crippen MR) is 103 cm³/mol. The van der Waals surface area contributed by atoms with Crippen molar-refractivity contribution in [3.63, 3.8) is 0 Å². The van der Waals surface area contributed by atoms with Crippen LogP contribution >= 0.6 is 15.9 Å². The van der Waals surface area contributed by atoms with E-state index in [4.69, 9.17) is 4.74 Å². The number of carbonyl (C=O) groups is 1. The van der Waals surface area contributed by atoms with Crippen molar-refractivity contribution in [3.8, 4) is 5.75 Å². The van der Waals surface area contributed by atoms with Crippen molar-refractivity contribution in [2.75, 3.05) is 7.11 Å². The molecule has 140 valence electrons. The van der Waals surface area contributed by atoms with E-state index in [-0.39, 0.29) is 18.3 Å². The van der Waals surface area contributed by atoms with Gasteiger partial charge in [-0.05, 0) is 35.4 Å². The second-order valence-electron chi connectivity index (χ2n) is 5.89. The molecule has 1 atom stereocenters. The summed E-state index contributed by atoms with van der Waals surface area (Å²) >= 11 is 3.37. The first-order valence-electron chi connectivity index (χ1n) is 8.29. The summed E-state index contributed by atoms with van der Waals surface area (Å²) in [5, 5.41) is 17.2. The summed E-state index contributed by atoms with van der Waals surface area (Å²) in [7, 11) is 1.59. The Balaban J connectivity index is 1.56. The van der Waals surface area contributed by atoms with Crippen LogP contribution in [0.25, 0.3) is 0 Å². The lowest BCUT2D eigenvalue weighted by atomic mass is 10.1. The Bertz CT molecular complexity index is 894. The van der Waals surface area contributed by atoms with Crippen LogP contribution in [0.3, 0.4) is 0 Å². The fourth-order valence-electron chi connectivity index (χ4n) is 2.46. The number of aliphatic hydroxyl groups is 1. The Labute approximate surface area is 165 Å². The zero-order valence-corrected chi connectivity index (χ0v) is 16.3. The van der Waals surface area contributed by atoms with Crippen molar-refractivity contribution in [3.05, 3.63) is 76.3 Å².